The van der Waals surface area contributed by atoms with Crippen molar-refractivity contribution < 1.29 is 8.42 Å². The van der Waals surface area contributed by atoms with Crippen molar-refractivity contribution in [3.05, 3.63) is 39.4 Å². The largest absolute Gasteiger partial charge is 0.330 e. The van der Waals surface area contributed by atoms with Crippen molar-refractivity contribution in [3.63, 3.8) is 0 Å². The first kappa shape index (κ1) is 18.2. The molecule has 0 atom stereocenters. The zero-order valence-electron chi connectivity index (χ0n) is 13.1. The molecule has 1 aromatic heterocycles. The first-order chi connectivity index (χ1) is 10.9. The van der Waals surface area contributed by atoms with Gasteiger partial charge in [-0.25, -0.2) is 13.4 Å². The minimum atomic E-state index is -3.79. The molecule has 0 radical (unpaired) electrons. The molecule has 0 aliphatic rings. The quantitative estimate of drug-likeness (QED) is 0.780. The number of thiazole rings is 1. The first-order valence-electron chi connectivity index (χ1n) is 7.40. The summed E-state index contributed by atoms with van der Waals surface area (Å²) in [6, 6.07) is 3.70. The normalized spacial score (nSPS) is 11.7. The van der Waals surface area contributed by atoms with Crippen molar-refractivity contribution in [3.8, 4) is 0 Å². The SMILES string of the molecule is CCc1ccc(CC)c(S(=O)(=O)Nc2nc(CCN)cs2)c1Cl. The maximum atomic E-state index is 12.8. The van der Waals surface area contributed by atoms with Crippen molar-refractivity contribution in [1.29, 1.82) is 0 Å². The van der Waals surface area contributed by atoms with Gasteiger partial charge in [-0.05, 0) is 30.5 Å². The highest BCUT2D eigenvalue weighted by molar-refractivity contribution is 7.93. The highest BCUT2D eigenvalue weighted by Gasteiger charge is 2.24. The van der Waals surface area contributed by atoms with Crippen molar-refractivity contribution in [2.75, 3.05) is 11.3 Å². The number of aromatic nitrogens is 1. The average molecular weight is 374 g/mol. The molecular formula is C15H20ClN3O2S2. The Kier molecular flexibility index (Phi) is 6.02. The van der Waals surface area contributed by atoms with Crippen molar-refractivity contribution >= 4 is 38.1 Å². The Balaban J connectivity index is 2.42. The van der Waals surface area contributed by atoms with E-state index in [1.165, 1.54) is 11.3 Å². The summed E-state index contributed by atoms with van der Waals surface area (Å²) in [6.07, 6.45) is 1.87. The van der Waals surface area contributed by atoms with E-state index in [0.29, 0.717) is 36.5 Å². The number of aryl methyl sites for hydroxylation is 2. The molecule has 0 unspecified atom stereocenters. The van der Waals surface area contributed by atoms with Gasteiger partial charge >= 0.3 is 0 Å². The molecular weight excluding hydrogens is 354 g/mol. The third kappa shape index (κ3) is 4.03. The molecule has 0 saturated heterocycles. The minimum absolute atomic E-state index is 0.150. The topological polar surface area (TPSA) is 85.1 Å². The Morgan fingerprint density at radius 1 is 1.26 bits per heavy atom. The number of halogens is 1. The second kappa shape index (κ2) is 7.61. The van der Waals surface area contributed by atoms with Crippen molar-refractivity contribution in [2.24, 2.45) is 5.73 Å². The van der Waals surface area contributed by atoms with Crippen LogP contribution in [-0.2, 0) is 29.3 Å². The zero-order valence-corrected chi connectivity index (χ0v) is 15.5. The molecule has 1 aromatic carbocycles. The second-order valence-corrected chi connectivity index (χ2v) is 7.88. The fourth-order valence-corrected chi connectivity index (χ4v) is 5.30. The van der Waals surface area contributed by atoms with Gasteiger partial charge in [0.1, 0.15) is 4.90 Å². The van der Waals surface area contributed by atoms with Gasteiger partial charge in [-0.15, -0.1) is 11.3 Å². The maximum Gasteiger partial charge on any atom is 0.265 e. The Hall–Kier alpha value is -1.15. The number of nitrogens with one attached hydrogen (secondary N) is 1. The lowest BCUT2D eigenvalue weighted by Gasteiger charge is -2.14. The molecule has 0 aliphatic heterocycles. The molecule has 2 rings (SSSR count). The molecule has 0 spiro atoms. The number of rotatable bonds is 7. The summed E-state index contributed by atoms with van der Waals surface area (Å²) in [5.74, 6) is 0. The van der Waals surface area contributed by atoms with E-state index in [9.17, 15) is 8.42 Å². The van der Waals surface area contributed by atoms with Crippen LogP contribution in [0.2, 0.25) is 5.02 Å². The van der Waals surface area contributed by atoms with E-state index in [-0.39, 0.29) is 9.92 Å². The Morgan fingerprint density at radius 2 is 1.91 bits per heavy atom. The summed E-state index contributed by atoms with van der Waals surface area (Å²) in [7, 11) is -3.79. The van der Waals surface area contributed by atoms with Crippen LogP contribution >= 0.6 is 22.9 Å². The number of nitrogens with zero attached hydrogens (tertiary/aromatic N) is 1. The molecule has 0 saturated carbocycles. The van der Waals surface area contributed by atoms with Crippen LogP contribution in [0.4, 0.5) is 5.13 Å². The number of nitrogens with two attached hydrogens (primary N) is 1. The molecule has 5 nitrogen and oxygen atoms in total. The van der Waals surface area contributed by atoms with Crippen LogP contribution in [0, 0.1) is 0 Å². The van der Waals surface area contributed by atoms with E-state index >= 15 is 0 Å². The molecule has 0 fully saturated rings. The molecule has 2 aromatic rings. The van der Waals surface area contributed by atoms with Gasteiger partial charge in [0.25, 0.3) is 10.0 Å². The van der Waals surface area contributed by atoms with E-state index in [4.69, 9.17) is 17.3 Å². The van der Waals surface area contributed by atoms with Crippen LogP contribution in [0.3, 0.4) is 0 Å². The number of hydrogen-bond acceptors (Lipinski definition) is 5. The summed E-state index contributed by atoms with van der Waals surface area (Å²) in [5, 5.41) is 2.42. The summed E-state index contributed by atoms with van der Waals surface area (Å²) in [4.78, 5) is 4.39. The van der Waals surface area contributed by atoms with E-state index in [1.807, 2.05) is 26.0 Å². The fraction of sp³-hybridized carbons (Fsp3) is 0.400. The summed E-state index contributed by atoms with van der Waals surface area (Å²) < 4.78 is 28.1. The molecule has 0 aliphatic carbocycles. The molecule has 23 heavy (non-hydrogen) atoms. The van der Waals surface area contributed by atoms with E-state index < -0.39 is 10.0 Å². The van der Waals surface area contributed by atoms with Crippen LogP contribution in [-0.4, -0.2) is 19.9 Å². The highest BCUT2D eigenvalue weighted by Crippen LogP contribution is 2.32. The standard InChI is InChI=1S/C15H20ClN3O2S2/c1-3-10-5-6-11(4-2)14(13(10)16)23(20,21)19-15-18-12(7-8-17)9-22-15/h5-6,9H,3-4,7-8,17H2,1-2H3,(H,18,19). The third-order valence-electron chi connectivity index (χ3n) is 3.46. The number of anilines is 1. The second-order valence-electron chi connectivity index (χ2n) is 5.02. The summed E-state index contributed by atoms with van der Waals surface area (Å²) in [5.41, 5.74) is 7.77. The predicted molar refractivity (Wildman–Crippen MR) is 95.9 cm³/mol. The van der Waals surface area contributed by atoms with Crippen molar-refractivity contribution in [1.82, 2.24) is 4.98 Å². The van der Waals surface area contributed by atoms with Crippen LogP contribution in [0.1, 0.15) is 30.7 Å². The molecule has 3 N–H and O–H groups in total. The van der Waals surface area contributed by atoms with Crippen LogP contribution in [0.25, 0.3) is 0 Å². The number of hydrogen-bond donors (Lipinski definition) is 2. The number of sulfonamides is 1. The summed E-state index contributed by atoms with van der Waals surface area (Å²) >= 11 is 7.59. The fourth-order valence-electron chi connectivity index (χ4n) is 2.26. The van der Waals surface area contributed by atoms with E-state index in [1.54, 1.807) is 5.38 Å². The molecule has 8 heteroatoms. The Morgan fingerprint density at radius 3 is 2.52 bits per heavy atom. The lowest BCUT2D eigenvalue weighted by Crippen LogP contribution is -2.16. The third-order valence-corrected chi connectivity index (χ3v) is 6.41. The first-order valence-corrected chi connectivity index (χ1v) is 10.1. The van der Waals surface area contributed by atoms with Gasteiger partial charge in [0, 0.05) is 11.8 Å². The van der Waals surface area contributed by atoms with Gasteiger partial charge in [0.2, 0.25) is 0 Å². The average Bonchev–Trinajstić information content (AvgIpc) is 2.93. The van der Waals surface area contributed by atoms with Gasteiger partial charge in [0.05, 0.1) is 10.7 Å². The zero-order chi connectivity index (χ0) is 17.0. The molecule has 0 bridgehead atoms. The summed E-state index contributed by atoms with van der Waals surface area (Å²) in [6.45, 7) is 4.32. The van der Waals surface area contributed by atoms with Gasteiger partial charge in [-0.1, -0.05) is 37.6 Å². The lowest BCUT2D eigenvalue weighted by molar-refractivity contribution is 0.600. The maximum absolute atomic E-state index is 12.8. The van der Waals surface area contributed by atoms with Gasteiger partial charge in [-0.2, -0.15) is 0 Å². The van der Waals surface area contributed by atoms with Crippen LogP contribution in [0.5, 0.6) is 0 Å². The van der Waals surface area contributed by atoms with Crippen molar-refractivity contribution in [2.45, 2.75) is 38.0 Å². The minimum Gasteiger partial charge on any atom is -0.330 e. The van der Waals surface area contributed by atoms with Gasteiger partial charge in [0.15, 0.2) is 5.13 Å². The Bertz CT molecular complexity index is 788. The Labute approximate surface area is 145 Å². The molecule has 0 amide bonds. The molecule has 126 valence electrons. The molecule has 1 heterocycles. The smallest absolute Gasteiger partial charge is 0.265 e. The predicted octanol–water partition coefficient (Wildman–Crippen LogP) is 3.22. The van der Waals surface area contributed by atoms with Gasteiger partial charge in [-0.3, -0.25) is 4.72 Å². The lowest BCUT2D eigenvalue weighted by atomic mass is 10.1. The highest BCUT2D eigenvalue weighted by atomic mass is 35.5. The monoisotopic (exact) mass is 373 g/mol. The van der Waals surface area contributed by atoms with Crippen LogP contribution in [0.15, 0.2) is 22.4 Å². The van der Waals surface area contributed by atoms with Gasteiger partial charge < -0.3 is 5.73 Å². The van der Waals surface area contributed by atoms with Crippen LogP contribution < -0.4 is 10.5 Å². The van der Waals surface area contributed by atoms with E-state index in [2.05, 4.69) is 9.71 Å². The van der Waals surface area contributed by atoms with E-state index in [0.717, 1.165) is 11.3 Å². The number of benzene rings is 1.